The number of allylic oxidation sites excluding steroid dienone is 1. The third-order valence-corrected chi connectivity index (χ3v) is 2.22. The van der Waals surface area contributed by atoms with Crippen molar-refractivity contribution in [1.82, 2.24) is 0 Å². The van der Waals surface area contributed by atoms with E-state index >= 15 is 0 Å². The van der Waals surface area contributed by atoms with Gasteiger partial charge in [0.1, 0.15) is 6.10 Å². The van der Waals surface area contributed by atoms with Crippen LogP contribution in [0.4, 0.5) is 0 Å². The van der Waals surface area contributed by atoms with E-state index in [1.54, 1.807) is 13.8 Å². The summed E-state index contributed by atoms with van der Waals surface area (Å²) in [5, 5.41) is 9.19. The molecule has 90 valence electrons. The zero-order chi connectivity index (χ0) is 12.6. The number of esters is 1. The van der Waals surface area contributed by atoms with E-state index in [0.717, 1.165) is 6.42 Å². The number of hydrogen-bond donors (Lipinski definition) is 1. The van der Waals surface area contributed by atoms with Crippen LogP contribution in [0.5, 0.6) is 0 Å². The van der Waals surface area contributed by atoms with E-state index in [4.69, 9.17) is 11.2 Å². The van der Waals surface area contributed by atoms with Gasteiger partial charge in [-0.25, -0.2) is 4.79 Å². The summed E-state index contributed by atoms with van der Waals surface area (Å²) in [5.41, 5.74) is 0.601. The zero-order valence-electron chi connectivity index (χ0n) is 10.2. The maximum atomic E-state index is 11.3. The molecule has 0 fully saturated rings. The Kier molecular flexibility index (Phi) is 7.32. The van der Waals surface area contributed by atoms with Gasteiger partial charge in [-0.2, -0.15) is 0 Å². The molecule has 0 saturated heterocycles. The predicted molar refractivity (Wildman–Crippen MR) is 63.6 cm³/mol. The Morgan fingerprint density at radius 2 is 2.19 bits per heavy atom. The number of hydrogen-bond acceptors (Lipinski definition) is 3. The summed E-state index contributed by atoms with van der Waals surface area (Å²) in [6.07, 6.45) is 7.51. The van der Waals surface area contributed by atoms with Crippen molar-refractivity contribution in [2.24, 2.45) is 5.92 Å². The molecular formula is C13H20O3. The minimum absolute atomic E-state index is 0.201. The van der Waals surface area contributed by atoms with Gasteiger partial charge in [-0.3, -0.25) is 0 Å². The molecule has 1 N–H and O–H groups in total. The minimum Gasteiger partial charge on any atom is -0.463 e. The average molecular weight is 224 g/mol. The summed E-state index contributed by atoms with van der Waals surface area (Å²) in [7, 11) is 0. The van der Waals surface area contributed by atoms with Gasteiger partial charge in [0.25, 0.3) is 0 Å². The lowest BCUT2D eigenvalue weighted by molar-refractivity contribution is -0.138. The predicted octanol–water partition coefficient (Wildman–Crippen LogP) is 1.91. The molecular weight excluding hydrogens is 204 g/mol. The van der Waals surface area contributed by atoms with Crippen molar-refractivity contribution < 1.29 is 14.6 Å². The summed E-state index contributed by atoms with van der Waals surface area (Å²) in [5.74, 6) is 2.18. The number of carbonyl (C=O) groups excluding carboxylic acids is 1. The van der Waals surface area contributed by atoms with Gasteiger partial charge in [0.15, 0.2) is 0 Å². The van der Waals surface area contributed by atoms with Crippen molar-refractivity contribution in [1.29, 1.82) is 0 Å². The number of rotatable bonds is 6. The first-order chi connectivity index (χ1) is 7.51. The Morgan fingerprint density at radius 3 is 2.69 bits per heavy atom. The molecule has 3 nitrogen and oxygen atoms in total. The van der Waals surface area contributed by atoms with Gasteiger partial charge in [0.05, 0.1) is 6.61 Å². The lowest BCUT2D eigenvalue weighted by Crippen LogP contribution is -2.08. The number of carbonyl (C=O) groups is 1. The molecule has 3 heteroatoms. The average Bonchev–Trinajstić information content (AvgIpc) is 2.26. The Hall–Kier alpha value is -1.27. The van der Waals surface area contributed by atoms with Crippen molar-refractivity contribution in [2.45, 2.75) is 39.7 Å². The summed E-state index contributed by atoms with van der Waals surface area (Å²) in [6.45, 7) is 5.87. The quantitative estimate of drug-likeness (QED) is 0.426. The molecule has 0 radical (unpaired) electrons. The zero-order valence-corrected chi connectivity index (χ0v) is 10.2. The smallest absolute Gasteiger partial charge is 0.333 e. The summed E-state index contributed by atoms with van der Waals surface area (Å²) in [6, 6.07) is 0. The van der Waals surface area contributed by atoms with Gasteiger partial charge >= 0.3 is 5.97 Å². The lowest BCUT2D eigenvalue weighted by Gasteiger charge is -2.09. The topological polar surface area (TPSA) is 46.5 Å². The molecule has 0 spiro atoms. The van der Waals surface area contributed by atoms with E-state index < -0.39 is 6.10 Å². The number of ether oxygens (including phenoxy) is 1. The monoisotopic (exact) mass is 224 g/mol. The van der Waals surface area contributed by atoms with Crippen LogP contribution in [0.1, 0.15) is 33.6 Å². The van der Waals surface area contributed by atoms with E-state index in [9.17, 15) is 9.90 Å². The molecule has 0 saturated carbocycles. The van der Waals surface area contributed by atoms with E-state index in [0.29, 0.717) is 18.6 Å². The van der Waals surface area contributed by atoms with Gasteiger partial charge in [-0.15, -0.1) is 6.42 Å². The fraction of sp³-hybridized carbons (Fsp3) is 0.615. The third-order valence-electron chi connectivity index (χ3n) is 2.22. The molecule has 0 aromatic heterocycles. The van der Waals surface area contributed by atoms with E-state index in [2.05, 4.69) is 5.92 Å². The molecule has 0 amide bonds. The highest BCUT2D eigenvalue weighted by atomic mass is 16.5. The van der Waals surface area contributed by atoms with E-state index in [-0.39, 0.29) is 11.9 Å². The second-order valence-corrected chi connectivity index (χ2v) is 3.81. The van der Waals surface area contributed by atoms with Crippen LogP contribution in [0, 0.1) is 18.3 Å². The first kappa shape index (κ1) is 14.7. The Balaban J connectivity index is 4.10. The molecule has 1 unspecified atom stereocenters. The second kappa shape index (κ2) is 7.95. The van der Waals surface area contributed by atoms with E-state index in [1.165, 1.54) is 0 Å². The van der Waals surface area contributed by atoms with Gasteiger partial charge in [0, 0.05) is 5.57 Å². The summed E-state index contributed by atoms with van der Waals surface area (Å²) >= 11 is 0. The number of aliphatic hydroxyl groups is 1. The molecule has 16 heavy (non-hydrogen) atoms. The molecule has 0 bridgehead atoms. The Bertz CT molecular complexity index is 286. The summed E-state index contributed by atoms with van der Waals surface area (Å²) < 4.78 is 4.86. The highest BCUT2D eigenvalue weighted by Gasteiger charge is 2.08. The molecule has 0 aromatic rings. The standard InChI is InChI=1S/C13H20O3/c1-5-12(14)8-7-10(3)9-11(4)13(15)16-6-2/h1,9-10,12,14H,6-8H2,2-4H3/b11-9+/t10-,12?/m0/s1. The minimum atomic E-state index is -0.696. The Morgan fingerprint density at radius 1 is 1.56 bits per heavy atom. The van der Waals surface area contributed by atoms with Crippen molar-refractivity contribution in [3.8, 4) is 12.3 Å². The van der Waals surface area contributed by atoms with Crippen LogP contribution >= 0.6 is 0 Å². The number of terminal acetylenes is 1. The molecule has 0 rings (SSSR count). The van der Waals surface area contributed by atoms with Crippen LogP contribution < -0.4 is 0 Å². The SMILES string of the molecule is C#CC(O)CC[C@H](C)/C=C(\C)C(=O)OCC. The molecule has 0 aliphatic carbocycles. The van der Waals surface area contributed by atoms with Crippen LogP contribution in [0.3, 0.4) is 0 Å². The molecule has 0 aliphatic heterocycles. The van der Waals surface area contributed by atoms with Gasteiger partial charge in [-0.1, -0.05) is 18.9 Å². The maximum Gasteiger partial charge on any atom is 0.333 e. The molecule has 2 atom stereocenters. The van der Waals surface area contributed by atoms with Crippen molar-refractivity contribution >= 4 is 5.97 Å². The highest BCUT2D eigenvalue weighted by molar-refractivity contribution is 5.87. The first-order valence-electron chi connectivity index (χ1n) is 5.51. The van der Waals surface area contributed by atoms with Crippen LogP contribution in [-0.2, 0) is 9.53 Å². The summed E-state index contributed by atoms with van der Waals surface area (Å²) in [4.78, 5) is 11.3. The van der Waals surface area contributed by atoms with Crippen molar-refractivity contribution in [2.75, 3.05) is 6.61 Å². The largest absolute Gasteiger partial charge is 0.463 e. The molecule has 0 heterocycles. The number of aliphatic hydroxyl groups excluding tert-OH is 1. The van der Waals surface area contributed by atoms with Gasteiger partial charge in [-0.05, 0) is 32.6 Å². The lowest BCUT2D eigenvalue weighted by atomic mass is 10.0. The van der Waals surface area contributed by atoms with Gasteiger partial charge in [0.2, 0.25) is 0 Å². The third kappa shape index (κ3) is 6.26. The molecule has 0 aliphatic rings. The van der Waals surface area contributed by atoms with E-state index in [1.807, 2.05) is 13.0 Å². The Labute approximate surface area is 97.5 Å². The maximum absolute atomic E-state index is 11.3. The highest BCUT2D eigenvalue weighted by Crippen LogP contribution is 2.12. The fourth-order valence-corrected chi connectivity index (χ4v) is 1.33. The second-order valence-electron chi connectivity index (χ2n) is 3.81. The van der Waals surface area contributed by atoms with Crippen molar-refractivity contribution in [3.63, 3.8) is 0 Å². The first-order valence-corrected chi connectivity index (χ1v) is 5.51. The fourth-order valence-electron chi connectivity index (χ4n) is 1.33. The van der Waals surface area contributed by atoms with Crippen molar-refractivity contribution in [3.05, 3.63) is 11.6 Å². The van der Waals surface area contributed by atoms with Crippen LogP contribution in [0.25, 0.3) is 0 Å². The van der Waals surface area contributed by atoms with Crippen LogP contribution in [0.15, 0.2) is 11.6 Å². The normalized spacial score (nSPS) is 15.1. The van der Waals surface area contributed by atoms with Gasteiger partial charge < -0.3 is 9.84 Å². The van der Waals surface area contributed by atoms with Crippen LogP contribution in [0.2, 0.25) is 0 Å². The molecule has 0 aromatic carbocycles. The van der Waals surface area contributed by atoms with Crippen LogP contribution in [-0.4, -0.2) is 23.8 Å².